The molecule has 0 saturated heterocycles. The maximum absolute atomic E-state index is 12.7. The van der Waals surface area contributed by atoms with E-state index in [-0.39, 0.29) is 17.5 Å². The zero-order valence-electron chi connectivity index (χ0n) is 17.6. The Morgan fingerprint density at radius 2 is 1.58 bits per heavy atom. The van der Waals surface area contributed by atoms with Crippen molar-refractivity contribution in [2.24, 2.45) is 11.8 Å². The molecule has 1 heterocycles. The minimum atomic E-state index is -0.919. The van der Waals surface area contributed by atoms with Gasteiger partial charge in [0.25, 0.3) is 0 Å². The minimum absolute atomic E-state index is 0.211. The first-order valence-corrected chi connectivity index (χ1v) is 11.0. The van der Waals surface area contributed by atoms with Gasteiger partial charge in [-0.1, -0.05) is 42.3 Å². The number of amides is 2. The zero-order chi connectivity index (χ0) is 23.4. The van der Waals surface area contributed by atoms with E-state index in [2.05, 4.69) is 15.6 Å². The molecular weight excluding hydrogens is 442 g/mol. The Hall–Kier alpha value is -3.71. The Morgan fingerprint density at radius 3 is 2.24 bits per heavy atom. The summed E-state index contributed by atoms with van der Waals surface area (Å²) in [5.74, 6) is -2.27. The van der Waals surface area contributed by atoms with E-state index in [1.54, 1.807) is 54.7 Å². The average Bonchev–Trinajstić information content (AvgIpc) is 3.30. The van der Waals surface area contributed by atoms with Gasteiger partial charge in [0.15, 0.2) is 5.78 Å². The number of anilines is 2. The number of carboxylic acids is 1. The summed E-state index contributed by atoms with van der Waals surface area (Å²) in [5, 5.41) is 15.3. The number of carbonyl (C=O) groups excluding carboxylic acids is 2. The van der Waals surface area contributed by atoms with Crippen LogP contribution in [-0.4, -0.2) is 27.9 Å². The largest absolute Gasteiger partial charge is 0.481 e. The summed E-state index contributed by atoms with van der Waals surface area (Å²) in [4.78, 5) is 40.6. The van der Waals surface area contributed by atoms with Gasteiger partial charge in [-0.2, -0.15) is 0 Å². The van der Waals surface area contributed by atoms with Gasteiger partial charge < -0.3 is 15.7 Å². The molecule has 3 N–H and O–H groups in total. The second kappa shape index (κ2) is 9.83. The fourth-order valence-corrected chi connectivity index (χ4v) is 4.27. The van der Waals surface area contributed by atoms with Crippen molar-refractivity contribution in [1.82, 2.24) is 4.98 Å². The first-order chi connectivity index (χ1) is 15.9. The number of benzene rings is 2. The molecule has 4 rings (SSSR count). The standard InChI is InChI=1S/C25H22ClN3O4/c26-17-3-1-4-19(13-17)29-25(33)28-18-10-7-15(8-11-18)16-9-12-22(27-14-16)23(30)20-5-2-6-21(20)24(31)32/h1,3-4,7-14,20-21H,2,5-6H2,(H,31,32)(H2,28,29,33). The number of carboxylic acid groups (broad SMARTS) is 1. The molecule has 0 spiro atoms. The third kappa shape index (κ3) is 5.38. The molecule has 1 aliphatic rings. The predicted molar refractivity (Wildman–Crippen MR) is 127 cm³/mol. The lowest BCUT2D eigenvalue weighted by molar-refractivity contribution is -0.142. The highest BCUT2D eigenvalue weighted by Crippen LogP contribution is 2.34. The smallest absolute Gasteiger partial charge is 0.323 e. The van der Waals surface area contributed by atoms with E-state index in [1.807, 2.05) is 12.1 Å². The number of pyridine rings is 1. The van der Waals surface area contributed by atoms with E-state index >= 15 is 0 Å². The molecular formula is C25H22ClN3O4. The highest BCUT2D eigenvalue weighted by Gasteiger charge is 2.38. The Balaban J connectivity index is 1.39. The van der Waals surface area contributed by atoms with Crippen molar-refractivity contribution in [3.05, 3.63) is 77.6 Å². The van der Waals surface area contributed by atoms with Gasteiger partial charge in [0.2, 0.25) is 0 Å². The van der Waals surface area contributed by atoms with Crippen molar-refractivity contribution in [3.8, 4) is 11.1 Å². The SMILES string of the molecule is O=C(Nc1ccc(-c2ccc(C(=O)C3CCCC3C(=O)O)nc2)cc1)Nc1cccc(Cl)c1. The van der Waals surface area contributed by atoms with Gasteiger partial charge in [0.05, 0.1) is 5.92 Å². The number of urea groups is 1. The van der Waals surface area contributed by atoms with Crippen LogP contribution in [0.25, 0.3) is 11.1 Å². The van der Waals surface area contributed by atoms with Crippen LogP contribution in [0.3, 0.4) is 0 Å². The second-order valence-electron chi connectivity index (χ2n) is 7.95. The summed E-state index contributed by atoms with van der Waals surface area (Å²) >= 11 is 5.92. The van der Waals surface area contributed by atoms with Gasteiger partial charge in [0.1, 0.15) is 5.69 Å². The van der Waals surface area contributed by atoms with Crippen LogP contribution in [0.15, 0.2) is 66.9 Å². The molecule has 0 bridgehead atoms. The summed E-state index contributed by atoms with van der Waals surface area (Å²) in [5.41, 5.74) is 3.16. The van der Waals surface area contributed by atoms with Crippen molar-refractivity contribution in [2.75, 3.05) is 10.6 Å². The lowest BCUT2D eigenvalue weighted by Gasteiger charge is -2.14. The van der Waals surface area contributed by atoms with Crippen molar-refractivity contribution in [2.45, 2.75) is 19.3 Å². The number of ketones is 1. The molecule has 2 aromatic carbocycles. The molecule has 2 amide bonds. The van der Waals surface area contributed by atoms with E-state index in [0.29, 0.717) is 29.2 Å². The van der Waals surface area contributed by atoms with E-state index in [9.17, 15) is 19.5 Å². The van der Waals surface area contributed by atoms with Crippen molar-refractivity contribution >= 4 is 40.8 Å². The van der Waals surface area contributed by atoms with Gasteiger partial charge in [-0.05, 0) is 54.8 Å². The Bertz CT molecular complexity index is 1180. The third-order valence-corrected chi connectivity index (χ3v) is 5.98. The van der Waals surface area contributed by atoms with Gasteiger partial charge in [-0.3, -0.25) is 14.6 Å². The molecule has 0 radical (unpaired) electrons. The van der Waals surface area contributed by atoms with E-state index in [0.717, 1.165) is 17.5 Å². The maximum Gasteiger partial charge on any atom is 0.323 e. The van der Waals surface area contributed by atoms with E-state index in [1.165, 1.54) is 0 Å². The fraction of sp³-hybridized carbons (Fsp3) is 0.200. The summed E-state index contributed by atoms with van der Waals surface area (Å²) in [6.07, 6.45) is 3.45. The van der Waals surface area contributed by atoms with Crippen LogP contribution < -0.4 is 10.6 Å². The lowest BCUT2D eigenvalue weighted by atomic mass is 9.90. The number of aliphatic carboxylic acids is 1. The highest BCUT2D eigenvalue weighted by atomic mass is 35.5. The fourth-order valence-electron chi connectivity index (χ4n) is 4.08. The number of nitrogens with zero attached hydrogens (tertiary/aromatic N) is 1. The van der Waals surface area contributed by atoms with Crippen LogP contribution in [-0.2, 0) is 4.79 Å². The number of carbonyl (C=O) groups is 3. The number of hydrogen-bond donors (Lipinski definition) is 3. The lowest BCUT2D eigenvalue weighted by Crippen LogP contribution is -2.25. The van der Waals surface area contributed by atoms with E-state index in [4.69, 9.17) is 11.6 Å². The molecule has 2 unspecified atom stereocenters. The van der Waals surface area contributed by atoms with Gasteiger partial charge in [0, 0.05) is 34.1 Å². The van der Waals surface area contributed by atoms with Crippen LogP contribution in [0.1, 0.15) is 29.8 Å². The minimum Gasteiger partial charge on any atom is -0.481 e. The molecule has 1 aliphatic carbocycles. The Morgan fingerprint density at radius 1 is 0.879 bits per heavy atom. The monoisotopic (exact) mass is 463 g/mol. The molecule has 8 heteroatoms. The summed E-state index contributed by atoms with van der Waals surface area (Å²) < 4.78 is 0. The predicted octanol–water partition coefficient (Wildman–Crippen LogP) is 5.73. The number of nitrogens with one attached hydrogen (secondary N) is 2. The Kier molecular flexibility index (Phi) is 6.70. The number of rotatable bonds is 6. The topological polar surface area (TPSA) is 108 Å². The molecule has 2 atom stereocenters. The molecule has 1 aromatic heterocycles. The van der Waals surface area contributed by atoms with Gasteiger partial charge in [-0.15, -0.1) is 0 Å². The van der Waals surface area contributed by atoms with Crippen molar-refractivity contribution < 1.29 is 19.5 Å². The molecule has 3 aromatic rings. The zero-order valence-corrected chi connectivity index (χ0v) is 18.4. The summed E-state index contributed by atoms with van der Waals surface area (Å²) in [7, 11) is 0. The molecule has 0 aliphatic heterocycles. The normalized spacial score (nSPS) is 17.4. The first-order valence-electron chi connectivity index (χ1n) is 10.6. The maximum atomic E-state index is 12.7. The molecule has 1 saturated carbocycles. The second-order valence-corrected chi connectivity index (χ2v) is 8.38. The Labute approximate surface area is 195 Å². The van der Waals surface area contributed by atoms with Crippen LogP contribution in [0.4, 0.5) is 16.2 Å². The van der Waals surface area contributed by atoms with Gasteiger partial charge >= 0.3 is 12.0 Å². The molecule has 33 heavy (non-hydrogen) atoms. The van der Waals surface area contributed by atoms with Crippen LogP contribution in [0.5, 0.6) is 0 Å². The van der Waals surface area contributed by atoms with Gasteiger partial charge in [-0.25, -0.2) is 4.79 Å². The first kappa shape index (κ1) is 22.5. The summed E-state index contributed by atoms with van der Waals surface area (Å²) in [6, 6.07) is 17.1. The van der Waals surface area contributed by atoms with Crippen LogP contribution in [0, 0.1) is 11.8 Å². The number of aromatic nitrogens is 1. The number of hydrogen-bond acceptors (Lipinski definition) is 4. The molecule has 168 valence electrons. The van der Waals surface area contributed by atoms with Crippen LogP contribution in [0.2, 0.25) is 5.02 Å². The quantitative estimate of drug-likeness (QED) is 0.404. The van der Waals surface area contributed by atoms with Crippen LogP contribution >= 0.6 is 11.6 Å². The molecule has 7 nitrogen and oxygen atoms in total. The molecule has 1 fully saturated rings. The van der Waals surface area contributed by atoms with Crippen molar-refractivity contribution in [1.29, 1.82) is 0 Å². The third-order valence-electron chi connectivity index (χ3n) is 5.74. The number of halogens is 1. The van der Waals surface area contributed by atoms with E-state index < -0.39 is 17.8 Å². The summed E-state index contributed by atoms with van der Waals surface area (Å²) in [6.45, 7) is 0. The average molecular weight is 464 g/mol. The number of Topliss-reactive ketones (excluding diaryl/α,β-unsaturated/α-hetero) is 1. The highest BCUT2D eigenvalue weighted by molar-refractivity contribution is 6.30. The van der Waals surface area contributed by atoms with Crippen molar-refractivity contribution in [3.63, 3.8) is 0 Å².